The molecular formula is C30H36ClN3O6S. The van der Waals surface area contributed by atoms with E-state index in [4.69, 9.17) is 21.1 Å². The first-order valence-electron chi connectivity index (χ1n) is 13.4. The van der Waals surface area contributed by atoms with Crippen LogP contribution in [0.15, 0.2) is 77.7 Å². The van der Waals surface area contributed by atoms with E-state index in [0.29, 0.717) is 29.5 Å². The van der Waals surface area contributed by atoms with Crippen molar-refractivity contribution < 1.29 is 27.5 Å². The molecule has 0 fully saturated rings. The standard InChI is InChI=1S/C30H36ClN3O6S/c1-5-26(30(36)32-6-2)33(20-22-11-10-12-24(19-22)39-4)29(35)21-34(27-13-8-9-14-28(27)40-7-3)41(37,38)25-17-15-23(31)16-18-25/h8-19,26H,5-7,20-21H2,1-4H3,(H,32,36)/t26-/m1/s1. The first kappa shape index (κ1) is 31.8. The number of hydrogen-bond donors (Lipinski definition) is 1. The maximum Gasteiger partial charge on any atom is 0.264 e. The number of ether oxygens (including phenoxy) is 2. The van der Waals surface area contributed by atoms with Gasteiger partial charge in [-0.25, -0.2) is 8.42 Å². The number of methoxy groups -OCH3 is 1. The first-order chi connectivity index (χ1) is 19.7. The molecule has 3 rings (SSSR count). The third-order valence-electron chi connectivity index (χ3n) is 6.34. The summed E-state index contributed by atoms with van der Waals surface area (Å²) in [5, 5.41) is 3.16. The fraction of sp³-hybridized carbons (Fsp3) is 0.333. The molecule has 41 heavy (non-hydrogen) atoms. The van der Waals surface area contributed by atoms with Crippen molar-refractivity contribution in [3.05, 3.63) is 83.4 Å². The fourth-order valence-corrected chi connectivity index (χ4v) is 5.92. The minimum absolute atomic E-state index is 0.0453. The van der Waals surface area contributed by atoms with Gasteiger partial charge >= 0.3 is 0 Å². The van der Waals surface area contributed by atoms with Gasteiger partial charge in [0.1, 0.15) is 24.1 Å². The molecule has 0 aliphatic rings. The number of para-hydroxylation sites is 2. The molecule has 0 radical (unpaired) electrons. The van der Waals surface area contributed by atoms with E-state index < -0.39 is 28.5 Å². The molecule has 3 aromatic carbocycles. The topological polar surface area (TPSA) is 105 Å². The van der Waals surface area contributed by atoms with Crippen LogP contribution < -0.4 is 19.1 Å². The highest BCUT2D eigenvalue weighted by Crippen LogP contribution is 2.33. The third-order valence-corrected chi connectivity index (χ3v) is 8.36. The average molecular weight is 602 g/mol. The van der Waals surface area contributed by atoms with Gasteiger partial charge in [-0.3, -0.25) is 13.9 Å². The van der Waals surface area contributed by atoms with Gasteiger partial charge in [-0.2, -0.15) is 0 Å². The highest BCUT2D eigenvalue weighted by molar-refractivity contribution is 7.92. The second kappa shape index (κ2) is 14.7. The second-order valence-electron chi connectivity index (χ2n) is 9.06. The SMILES string of the molecule is CCNC(=O)[C@@H](CC)N(Cc1cccc(OC)c1)C(=O)CN(c1ccccc1OCC)S(=O)(=O)c1ccc(Cl)cc1. The van der Waals surface area contributed by atoms with Crippen LogP contribution in [0.1, 0.15) is 32.8 Å². The summed E-state index contributed by atoms with van der Waals surface area (Å²) in [4.78, 5) is 28.6. The molecule has 0 aromatic heterocycles. The molecule has 0 saturated carbocycles. The fourth-order valence-electron chi connectivity index (χ4n) is 4.37. The number of sulfonamides is 1. The van der Waals surface area contributed by atoms with Gasteiger partial charge in [-0.05, 0) is 74.4 Å². The number of carbonyl (C=O) groups excluding carboxylic acids is 2. The van der Waals surface area contributed by atoms with Gasteiger partial charge in [0.2, 0.25) is 11.8 Å². The van der Waals surface area contributed by atoms with Crippen LogP contribution in [-0.4, -0.2) is 58.0 Å². The van der Waals surface area contributed by atoms with E-state index in [2.05, 4.69) is 5.32 Å². The van der Waals surface area contributed by atoms with Crippen LogP contribution in [0.3, 0.4) is 0 Å². The lowest BCUT2D eigenvalue weighted by Crippen LogP contribution is -2.52. The van der Waals surface area contributed by atoms with Crippen molar-refractivity contribution in [3.63, 3.8) is 0 Å². The van der Waals surface area contributed by atoms with Gasteiger partial charge in [0.25, 0.3) is 10.0 Å². The summed E-state index contributed by atoms with van der Waals surface area (Å²) in [5.74, 6) is 0.0110. The molecule has 220 valence electrons. The number of halogens is 1. The van der Waals surface area contributed by atoms with Gasteiger partial charge in [0.05, 0.1) is 24.3 Å². The van der Waals surface area contributed by atoms with Crippen LogP contribution in [0.25, 0.3) is 0 Å². The van der Waals surface area contributed by atoms with E-state index in [1.807, 2.05) is 6.07 Å². The average Bonchev–Trinajstić information content (AvgIpc) is 2.96. The lowest BCUT2D eigenvalue weighted by molar-refractivity contribution is -0.140. The van der Waals surface area contributed by atoms with E-state index in [0.717, 1.165) is 9.87 Å². The Balaban J connectivity index is 2.11. The highest BCUT2D eigenvalue weighted by Gasteiger charge is 2.34. The number of nitrogens with zero attached hydrogens (tertiary/aromatic N) is 2. The summed E-state index contributed by atoms with van der Waals surface area (Å²) >= 11 is 6.02. The Kier molecular flexibility index (Phi) is 11.4. The highest BCUT2D eigenvalue weighted by atomic mass is 35.5. The van der Waals surface area contributed by atoms with Crippen molar-refractivity contribution in [1.82, 2.24) is 10.2 Å². The molecule has 3 aromatic rings. The number of hydrogen-bond acceptors (Lipinski definition) is 6. The molecule has 0 heterocycles. The smallest absolute Gasteiger partial charge is 0.264 e. The van der Waals surface area contributed by atoms with E-state index in [-0.39, 0.29) is 29.6 Å². The van der Waals surface area contributed by atoms with Crippen molar-refractivity contribution in [2.75, 3.05) is 31.1 Å². The summed E-state index contributed by atoms with van der Waals surface area (Å²) in [6.07, 6.45) is 0.320. The predicted octanol–water partition coefficient (Wildman–Crippen LogP) is 4.89. The Labute approximate surface area is 247 Å². The van der Waals surface area contributed by atoms with Crippen LogP contribution in [0.2, 0.25) is 5.02 Å². The largest absolute Gasteiger partial charge is 0.497 e. The summed E-state index contributed by atoms with van der Waals surface area (Å²) in [7, 11) is -2.72. The molecule has 0 bridgehead atoms. The van der Waals surface area contributed by atoms with Crippen LogP contribution in [-0.2, 0) is 26.2 Å². The van der Waals surface area contributed by atoms with E-state index in [9.17, 15) is 18.0 Å². The number of nitrogens with one attached hydrogen (secondary N) is 1. The van der Waals surface area contributed by atoms with Gasteiger partial charge in [0.15, 0.2) is 0 Å². The van der Waals surface area contributed by atoms with Gasteiger partial charge in [-0.15, -0.1) is 0 Å². The number of amides is 2. The molecule has 0 spiro atoms. The van der Waals surface area contributed by atoms with E-state index >= 15 is 0 Å². The number of benzene rings is 3. The normalized spacial score (nSPS) is 11.8. The lowest BCUT2D eigenvalue weighted by atomic mass is 10.1. The maximum absolute atomic E-state index is 14.1. The third kappa shape index (κ3) is 7.92. The lowest BCUT2D eigenvalue weighted by Gasteiger charge is -2.33. The second-order valence-corrected chi connectivity index (χ2v) is 11.4. The molecule has 0 aliphatic carbocycles. The van der Waals surface area contributed by atoms with Crippen LogP contribution in [0.4, 0.5) is 5.69 Å². The van der Waals surface area contributed by atoms with Gasteiger partial charge in [-0.1, -0.05) is 42.8 Å². The molecule has 11 heteroatoms. The zero-order valence-electron chi connectivity index (χ0n) is 23.7. The number of carbonyl (C=O) groups is 2. The number of likely N-dealkylation sites (N-methyl/N-ethyl adjacent to an activating group) is 1. The molecule has 2 amide bonds. The monoisotopic (exact) mass is 601 g/mol. The van der Waals surface area contributed by atoms with Crippen LogP contribution in [0.5, 0.6) is 11.5 Å². The van der Waals surface area contributed by atoms with Crippen LogP contribution in [0, 0.1) is 0 Å². The molecule has 9 nitrogen and oxygen atoms in total. The van der Waals surface area contributed by atoms with E-state index in [1.165, 1.54) is 29.2 Å². The minimum atomic E-state index is -4.26. The summed E-state index contributed by atoms with van der Waals surface area (Å²) in [5.41, 5.74) is 0.923. The van der Waals surface area contributed by atoms with Crippen molar-refractivity contribution in [2.45, 2.75) is 44.7 Å². The summed E-state index contributed by atoms with van der Waals surface area (Å²) in [6, 6.07) is 18.7. The zero-order chi connectivity index (χ0) is 30.0. The Hall–Kier alpha value is -3.76. The number of anilines is 1. The molecule has 1 atom stereocenters. The predicted molar refractivity (Wildman–Crippen MR) is 160 cm³/mol. The van der Waals surface area contributed by atoms with E-state index in [1.54, 1.807) is 70.3 Å². The molecule has 0 saturated heterocycles. The first-order valence-corrected chi connectivity index (χ1v) is 15.2. The summed E-state index contributed by atoms with van der Waals surface area (Å²) in [6.45, 7) is 5.55. The molecule has 1 N–H and O–H groups in total. The Morgan fingerprint density at radius 1 is 0.976 bits per heavy atom. The van der Waals surface area contributed by atoms with Crippen molar-refractivity contribution in [2.24, 2.45) is 0 Å². The van der Waals surface area contributed by atoms with Gasteiger partial charge < -0.3 is 19.7 Å². The Morgan fingerprint density at radius 3 is 2.32 bits per heavy atom. The quantitative estimate of drug-likeness (QED) is 0.282. The van der Waals surface area contributed by atoms with Crippen LogP contribution >= 0.6 is 11.6 Å². The molecule has 0 aliphatic heterocycles. The maximum atomic E-state index is 14.1. The van der Waals surface area contributed by atoms with Crippen molar-refractivity contribution in [3.8, 4) is 11.5 Å². The minimum Gasteiger partial charge on any atom is -0.497 e. The number of rotatable bonds is 14. The summed E-state index contributed by atoms with van der Waals surface area (Å²) < 4.78 is 40.2. The van der Waals surface area contributed by atoms with Crippen molar-refractivity contribution >= 4 is 39.1 Å². The molecule has 0 unspecified atom stereocenters. The Bertz CT molecular complexity index is 1430. The Morgan fingerprint density at radius 2 is 1.68 bits per heavy atom. The van der Waals surface area contributed by atoms with Gasteiger partial charge in [0, 0.05) is 18.1 Å². The molecular weight excluding hydrogens is 566 g/mol. The van der Waals surface area contributed by atoms with Crippen molar-refractivity contribution in [1.29, 1.82) is 0 Å². The zero-order valence-corrected chi connectivity index (χ0v) is 25.2.